The summed E-state index contributed by atoms with van der Waals surface area (Å²) < 4.78 is 1.95. The monoisotopic (exact) mass is 359 g/mol. The highest BCUT2D eigenvalue weighted by Crippen LogP contribution is 2.29. The Labute approximate surface area is 156 Å². The Bertz CT molecular complexity index is 1100. The third kappa shape index (κ3) is 2.63. The Morgan fingerprint density at radius 1 is 1.15 bits per heavy atom. The van der Waals surface area contributed by atoms with Crippen LogP contribution < -0.4 is 4.59 Å². The smallest absolute Gasteiger partial charge is 0.261 e. The lowest BCUT2D eigenvalue weighted by Crippen LogP contribution is -2.43. The minimum atomic E-state index is 0.0572. The fourth-order valence-corrected chi connectivity index (χ4v) is 3.34. The number of likely N-dealkylation sites (tertiary alicyclic amines) is 1. The van der Waals surface area contributed by atoms with E-state index in [1.165, 1.54) is 0 Å². The van der Waals surface area contributed by atoms with Crippen molar-refractivity contribution in [3.63, 3.8) is 0 Å². The summed E-state index contributed by atoms with van der Waals surface area (Å²) in [5.41, 5.74) is 3.29. The summed E-state index contributed by atoms with van der Waals surface area (Å²) in [6.45, 7) is 1.67. The molecule has 0 spiro atoms. The van der Waals surface area contributed by atoms with Crippen LogP contribution in [0.2, 0.25) is 0 Å². The molecule has 3 aromatic rings. The Balaban J connectivity index is 1.49. The summed E-state index contributed by atoms with van der Waals surface area (Å²) in [4.78, 5) is 18.9. The highest BCUT2D eigenvalue weighted by molar-refractivity contribution is 6.13. The number of fused-ring (bicyclic) bond motifs is 1. The molecule has 134 valence electrons. The van der Waals surface area contributed by atoms with Gasteiger partial charge in [0.15, 0.2) is 17.2 Å². The molecular formula is C20H19N6O+. The van der Waals surface area contributed by atoms with Crippen LogP contribution in [-0.2, 0) is 4.79 Å². The number of aromatic nitrogens is 3. The van der Waals surface area contributed by atoms with E-state index in [0.717, 1.165) is 36.4 Å². The van der Waals surface area contributed by atoms with Gasteiger partial charge in [-0.2, -0.15) is 0 Å². The molecule has 1 unspecified atom stereocenters. The van der Waals surface area contributed by atoms with Gasteiger partial charge in [-0.1, -0.05) is 35.4 Å². The predicted molar refractivity (Wildman–Crippen MR) is 104 cm³/mol. The summed E-state index contributed by atoms with van der Waals surface area (Å²) in [7, 11) is 1.95. The van der Waals surface area contributed by atoms with E-state index < -0.39 is 0 Å². The fourth-order valence-electron chi connectivity index (χ4n) is 3.34. The van der Waals surface area contributed by atoms with Crippen molar-refractivity contribution in [3.8, 4) is 11.4 Å². The van der Waals surface area contributed by atoms with Gasteiger partial charge in [-0.3, -0.25) is 4.79 Å². The van der Waals surface area contributed by atoms with Crippen LogP contribution >= 0.6 is 0 Å². The quantitative estimate of drug-likeness (QED) is 0.675. The van der Waals surface area contributed by atoms with Gasteiger partial charge in [-0.25, -0.2) is 9.50 Å². The van der Waals surface area contributed by atoms with Crippen LogP contribution in [0.4, 0.5) is 5.69 Å². The van der Waals surface area contributed by atoms with Gasteiger partial charge in [0.2, 0.25) is 0 Å². The van der Waals surface area contributed by atoms with E-state index in [9.17, 15) is 4.79 Å². The van der Waals surface area contributed by atoms with E-state index in [-0.39, 0.29) is 10.5 Å². The third-order valence-corrected chi connectivity index (χ3v) is 5.09. The van der Waals surface area contributed by atoms with E-state index >= 15 is 0 Å². The largest absolute Gasteiger partial charge is 0.338 e. The van der Waals surface area contributed by atoms with Crippen molar-refractivity contribution in [1.82, 2.24) is 24.1 Å². The zero-order valence-electron chi connectivity index (χ0n) is 15.0. The van der Waals surface area contributed by atoms with Crippen molar-refractivity contribution in [2.75, 3.05) is 20.1 Å². The summed E-state index contributed by atoms with van der Waals surface area (Å²) in [6, 6.07) is 13.8. The van der Waals surface area contributed by atoms with Crippen LogP contribution in [0.3, 0.4) is 0 Å². The molecule has 4 heterocycles. The summed E-state index contributed by atoms with van der Waals surface area (Å²) in [6.07, 6.45) is 6.52. The topological polar surface area (TPSA) is 62.9 Å². The number of amides is 1. The highest BCUT2D eigenvalue weighted by Gasteiger charge is 2.34. The molecule has 1 amide bonds. The minimum absolute atomic E-state index is 0.0572. The lowest BCUT2D eigenvalue weighted by molar-refractivity contribution is -0.129. The number of pyridine rings is 1. The van der Waals surface area contributed by atoms with Gasteiger partial charge in [0.25, 0.3) is 5.91 Å². The Morgan fingerprint density at radius 3 is 2.70 bits per heavy atom. The number of benzene rings is 1. The van der Waals surface area contributed by atoms with Crippen LogP contribution in [-0.4, -0.2) is 51.8 Å². The number of quaternary nitrogens is 1. The van der Waals surface area contributed by atoms with Gasteiger partial charge < -0.3 is 4.90 Å². The first-order valence-corrected chi connectivity index (χ1v) is 8.99. The molecule has 1 saturated heterocycles. The molecule has 2 aliphatic rings. The molecule has 2 aromatic heterocycles. The Kier molecular flexibility index (Phi) is 3.45. The maximum atomic E-state index is 12.4. The third-order valence-electron chi connectivity index (χ3n) is 5.09. The summed E-state index contributed by atoms with van der Waals surface area (Å²) in [5.74, 6) is 0.742. The molecule has 27 heavy (non-hydrogen) atoms. The van der Waals surface area contributed by atoms with Crippen LogP contribution in [0.5, 0.6) is 0 Å². The van der Waals surface area contributed by atoms with Crippen molar-refractivity contribution in [2.45, 2.75) is 6.42 Å². The number of carbonyl (C=O) groups is 1. The molecule has 0 saturated carbocycles. The minimum Gasteiger partial charge on any atom is -0.338 e. The maximum absolute atomic E-state index is 12.4. The lowest BCUT2D eigenvalue weighted by atomic mass is 10.1. The first kappa shape index (κ1) is 15.9. The number of hydrogen-bond acceptors (Lipinski definition) is 4. The number of rotatable bonds is 3. The fraction of sp³-hybridized carbons (Fsp3) is 0.200. The van der Waals surface area contributed by atoms with Crippen molar-refractivity contribution in [2.24, 2.45) is 5.10 Å². The molecule has 7 nitrogen and oxygen atoms in total. The molecule has 7 heteroatoms. The van der Waals surface area contributed by atoms with E-state index in [2.05, 4.69) is 15.2 Å². The van der Waals surface area contributed by atoms with Gasteiger partial charge in [-0.05, 0) is 6.42 Å². The molecule has 2 aliphatic heterocycles. The lowest BCUT2D eigenvalue weighted by Gasteiger charge is -2.30. The molecule has 1 fully saturated rings. The van der Waals surface area contributed by atoms with E-state index in [1.807, 2.05) is 66.8 Å². The Hall–Kier alpha value is -3.32. The van der Waals surface area contributed by atoms with Crippen LogP contribution in [0, 0.1) is 0 Å². The maximum Gasteiger partial charge on any atom is 0.261 e. The van der Waals surface area contributed by atoms with Crippen molar-refractivity contribution in [1.29, 1.82) is 0 Å². The number of carbonyl (C=O) groups excluding carboxylic acids is 1. The second-order valence-corrected chi connectivity index (χ2v) is 6.99. The van der Waals surface area contributed by atoms with E-state index in [1.54, 1.807) is 10.7 Å². The standard InChI is InChI=1S/C20H19N6O/c1-26(14-16(13-21-26)20(27)24-9-5-10-24)17-8-11-25-18(12-17)22-19(23-25)15-6-3-2-4-7-15/h2-4,6-8,11-14H,5,9-10H2,1H3/q+1. The number of hydrogen-bond donors (Lipinski definition) is 0. The highest BCUT2D eigenvalue weighted by atomic mass is 16.2. The van der Waals surface area contributed by atoms with Gasteiger partial charge >= 0.3 is 0 Å². The van der Waals surface area contributed by atoms with Gasteiger partial charge in [0.05, 0.1) is 0 Å². The average Bonchev–Trinajstić information content (AvgIpc) is 3.25. The van der Waals surface area contributed by atoms with Gasteiger partial charge in [0.1, 0.15) is 25.0 Å². The van der Waals surface area contributed by atoms with Crippen molar-refractivity contribution < 1.29 is 4.79 Å². The van der Waals surface area contributed by atoms with Crippen LogP contribution in [0.25, 0.3) is 17.0 Å². The van der Waals surface area contributed by atoms with Crippen molar-refractivity contribution in [3.05, 3.63) is 60.4 Å². The molecule has 0 bridgehead atoms. The molecular weight excluding hydrogens is 340 g/mol. The molecule has 0 aliphatic carbocycles. The SMILES string of the molecule is C[N+]1(c2ccn3nc(-c4ccccc4)nc3c2)C=C(C(=O)N2CCC2)C=N1. The van der Waals surface area contributed by atoms with Gasteiger partial charge in [0, 0.05) is 37.0 Å². The molecule has 0 N–H and O–H groups in total. The normalized spacial score (nSPS) is 21.4. The zero-order valence-corrected chi connectivity index (χ0v) is 15.0. The molecule has 0 radical (unpaired) electrons. The summed E-state index contributed by atoms with van der Waals surface area (Å²) >= 11 is 0. The van der Waals surface area contributed by atoms with Gasteiger partial charge in [-0.15, -0.1) is 9.69 Å². The predicted octanol–water partition coefficient (Wildman–Crippen LogP) is 2.45. The zero-order chi connectivity index (χ0) is 18.4. The number of nitrogens with zero attached hydrogens (tertiary/aromatic N) is 6. The molecule has 5 rings (SSSR count). The molecule has 1 aromatic carbocycles. The first-order valence-electron chi connectivity index (χ1n) is 8.99. The first-order chi connectivity index (χ1) is 13.1. The second-order valence-electron chi connectivity index (χ2n) is 6.99. The van der Waals surface area contributed by atoms with Crippen molar-refractivity contribution >= 4 is 23.5 Å². The summed E-state index contributed by atoms with van der Waals surface area (Å²) in [5, 5.41) is 9.11. The second kappa shape index (κ2) is 5.85. The van der Waals surface area contributed by atoms with Crippen LogP contribution in [0.1, 0.15) is 6.42 Å². The van der Waals surface area contributed by atoms with Crippen LogP contribution in [0.15, 0.2) is 65.5 Å². The van der Waals surface area contributed by atoms with E-state index in [4.69, 9.17) is 0 Å². The average molecular weight is 359 g/mol. The molecule has 1 atom stereocenters. The van der Waals surface area contributed by atoms with E-state index in [0.29, 0.717) is 11.4 Å². The Morgan fingerprint density at radius 2 is 1.96 bits per heavy atom.